The summed E-state index contributed by atoms with van der Waals surface area (Å²) in [5.41, 5.74) is 2.75. The van der Waals surface area contributed by atoms with Crippen molar-refractivity contribution < 1.29 is 4.74 Å². The first-order chi connectivity index (χ1) is 10.9. The predicted molar refractivity (Wildman–Crippen MR) is 86.9 cm³/mol. The van der Waals surface area contributed by atoms with Crippen LogP contribution in [0.25, 0.3) is 22.4 Å². The third-order valence-electron chi connectivity index (χ3n) is 3.42. The SMILES string of the molecule is [c]1cccc(Oc2ccccc2)c1-c1nc2ccccc2[nH]1. The highest BCUT2D eigenvalue weighted by molar-refractivity contribution is 5.80. The van der Waals surface area contributed by atoms with Crippen molar-refractivity contribution in [3.05, 3.63) is 78.9 Å². The van der Waals surface area contributed by atoms with Gasteiger partial charge in [-0.3, -0.25) is 0 Å². The van der Waals surface area contributed by atoms with Gasteiger partial charge in [-0.25, -0.2) is 4.98 Å². The number of imidazole rings is 1. The van der Waals surface area contributed by atoms with Gasteiger partial charge < -0.3 is 9.72 Å². The normalized spacial score (nSPS) is 10.7. The van der Waals surface area contributed by atoms with Crippen molar-refractivity contribution in [1.82, 2.24) is 9.97 Å². The monoisotopic (exact) mass is 285 g/mol. The molecule has 4 rings (SSSR count). The summed E-state index contributed by atoms with van der Waals surface area (Å²) in [6.07, 6.45) is 0. The average molecular weight is 285 g/mol. The zero-order valence-electron chi connectivity index (χ0n) is 11.8. The van der Waals surface area contributed by atoms with Gasteiger partial charge in [0.2, 0.25) is 0 Å². The van der Waals surface area contributed by atoms with Crippen LogP contribution in [-0.4, -0.2) is 9.97 Å². The lowest BCUT2D eigenvalue weighted by Gasteiger charge is -2.08. The summed E-state index contributed by atoms with van der Waals surface area (Å²) in [7, 11) is 0. The topological polar surface area (TPSA) is 37.9 Å². The summed E-state index contributed by atoms with van der Waals surface area (Å²) < 4.78 is 5.97. The van der Waals surface area contributed by atoms with E-state index in [4.69, 9.17) is 4.74 Å². The van der Waals surface area contributed by atoms with E-state index in [0.29, 0.717) is 0 Å². The molecule has 3 heteroatoms. The van der Waals surface area contributed by atoms with Crippen LogP contribution in [0.1, 0.15) is 0 Å². The molecule has 0 saturated heterocycles. The summed E-state index contributed by atoms with van der Waals surface area (Å²) >= 11 is 0. The second kappa shape index (κ2) is 5.37. The van der Waals surface area contributed by atoms with E-state index in [1.165, 1.54) is 0 Å². The van der Waals surface area contributed by atoms with Crippen molar-refractivity contribution in [3.8, 4) is 22.9 Å². The second-order valence-corrected chi connectivity index (χ2v) is 4.93. The van der Waals surface area contributed by atoms with E-state index in [2.05, 4.69) is 16.0 Å². The van der Waals surface area contributed by atoms with E-state index in [-0.39, 0.29) is 0 Å². The average Bonchev–Trinajstić information content (AvgIpc) is 3.00. The number of aromatic amines is 1. The van der Waals surface area contributed by atoms with Crippen molar-refractivity contribution >= 4 is 11.0 Å². The van der Waals surface area contributed by atoms with E-state index in [0.717, 1.165) is 33.9 Å². The molecule has 0 fully saturated rings. The minimum Gasteiger partial charge on any atom is -0.457 e. The van der Waals surface area contributed by atoms with E-state index >= 15 is 0 Å². The molecule has 0 aliphatic heterocycles. The maximum Gasteiger partial charge on any atom is 0.142 e. The van der Waals surface area contributed by atoms with Gasteiger partial charge in [-0.15, -0.1) is 0 Å². The van der Waals surface area contributed by atoms with Crippen LogP contribution in [0.3, 0.4) is 0 Å². The zero-order chi connectivity index (χ0) is 14.8. The summed E-state index contributed by atoms with van der Waals surface area (Å²) in [5, 5.41) is 0. The summed E-state index contributed by atoms with van der Waals surface area (Å²) in [4.78, 5) is 7.93. The third kappa shape index (κ3) is 2.33. The lowest BCUT2D eigenvalue weighted by atomic mass is 10.2. The van der Waals surface area contributed by atoms with Crippen LogP contribution in [0.2, 0.25) is 0 Å². The van der Waals surface area contributed by atoms with Crippen LogP contribution in [0.5, 0.6) is 11.5 Å². The second-order valence-electron chi connectivity index (χ2n) is 4.93. The molecule has 4 aromatic rings. The highest BCUT2D eigenvalue weighted by Gasteiger charge is 2.11. The van der Waals surface area contributed by atoms with Gasteiger partial charge in [-0.1, -0.05) is 42.5 Å². The van der Waals surface area contributed by atoms with Crippen LogP contribution in [0.4, 0.5) is 0 Å². The van der Waals surface area contributed by atoms with E-state index in [1.54, 1.807) is 0 Å². The number of H-pyrrole nitrogens is 1. The number of nitrogens with one attached hydrogen (secondary N) is 1. The number of hydrogen-bond acceptors (Lipinski definition) is 2. The molecule has 22 heavy (non-hydrogen) atoms. The molecule has 0 amide bonds. The Hall–Kier alpha value is -3.07. The van der Waals surface area contributed by atoms with E-state index < -0.39 is 0 Å². The molecule has 0 atom stereocenters. The number of para-hydroxylation sites is 3. The highest BCUT2D eigenvalue weighted by atomic mass is 16.5. The van der Waals surface area contributed by atoms with Crippen LogP contribution in [-0.2, 0) is 0 Å². The van der Waals surface area contributed by atoms with Gasteiger partial charge in [-0.2, -0.15) is 0 Å². The number of benzene rings is 3. The van der Waals surface area contributed by atoms with Gasteiger partial charge in [0.05, 0.1) is 16.6 Å². The predicted octanol–water partition coefficient (Wildman–Crippen LogP) is 4.82. The number of rotatable bonds is 3. The van der Waals surface area contributed by atoms with Gasteiger partial charge in [0, 0.05) is 0 Å². The summed E-state index contributed by atoms with van der Waals surface area (Å²) in [6, 6.07) is 26.6. The molecule has 0 aliphatic rings. The first kappa shape index (κ1) is 12.7. The fourth-order valence-electron chi connectivity index (χ4n) is 2.38. The Morgan fingerprint density at radius 3 is 2.55 bits per heavy atom. The van der Waals surface area contributed by atoms with Crippen LogP contribution in [0, 0.1) is 6.07 Å². The molecule has 1 heterocycles. The zero-order valence-corrected chi connectivity index (χ0v) is 11.8. The van der Waals surface area contributed by atoms with Crippen molar-refractivity contribution in [2.24, 2.45) is 0 Å². The summed E-state index contributed by atoms with van der Waals surface area (Å²) in [5.74, 6) is 2.28. The number of ether oxygens (including phenoxy) is 1. The molecule has 3 nitrogen and oxygen atoms in total. The molecule has 1 aromatic heterocycles. The quantitative estimate of drug-likeness (QED) is 0.586. The number of nitrogens with zero attached hydrogens (tertiary/aromatic N) is 1. The first-order valence-electron chi connectivity index (χ1n) is 7.09. The molecule has 0 bridgehead atoms. The highest BCUT2D eigenvalue weighted by Crippen LogP contribution is 2.32. The Balaban J connectivity index is 1.78. The maximum atomic E-state index is 5.97. The van der Waals surface area contributed by atoms with E-state index in [9.17, 15) is 0 Å². The molecular formula is C19H13N2O. The van der Waals surface area contributed by atoms with Crippen molar-refractivity contribution in [3.63, 3.8) is 0 Å². The number of aromatic nitrogens is 2. The molecule has 0 saturated carbocycles. The Morgan fingerprint density at radius 1 is 0.864 bits per heavy atom. The fraction of sp³-hybridized carbons (Fsp3) is 0. The largest absolute Gasteiger partial charge is 0.457 e. The Morgan fingerprint density at radius 2 is 1.68 bits per heavy atom. The maximum absolute atomic E-state index is 5.97. The third-order valence-corrected chi connectivity index (χ3v) is 3.42. The molecular weight excluding hydrogens is 272 g/mol. The van der Waals surface area contributed by atoms with Crippen LogP contribution in [0.15, 0.2) is 72.8 Å². The fourth-order valence-corrected chi connectivity index (χ4v) is 2.38. The molecule has 105 valence electrons. The van der Waals surface area contributed by atoms with Gasteiger partial charge >= 0.3 is 0 Å². The smallest absolute Gasteiger partial charge is 0.142 e. The van der Waals surface area contributed by atoms with Crippen molar-refractivity contribution in [2.75, 3.05) is 0 Å². The van der Waals surface area contributed by atoms with Crippen molar-refractivity contribution in [1.29, 1.82) is 0 Å². The molecule has 0 spiro atoms. The Labute approximate surface area is 128 Å². The Bertz CT molecular complexity index is 880. The minimum absolute atomic E-state index is 0.729. The standard InChI is InChI=1S/C19H13N2O/c1-2-8-14(9-3-1)22-18-13-7-4-10-15(18)19-20-16-11-5-6-12-17(16)21-19/h1-9,11-13H,(H,20,21). The number of fused-ring (bicyclic) bond motifs is 1. The van der Waals surface area contributed by atoms with Gasteiger partial charge in [0.15, 0.2) is 0 Å². The van der Waals surface area contributed by atoms with E-state index in [1.807, 2.05) is 72.8 Å². The van der Waals surface area contributed by atoms with Gasteiger partial charge in [0.1, 0.15) is 17.3 Å². The molecule has 1 radical (unpaired) electrons. The summed E-state index contributed by atoms with van der Waals surface area (Å²) in [6.45, 7) is 0. The molecule has 0 aliphatic carbocycles. The molecule has 1 N–H and O–H groups in total. The number of hydrogen-bond donors (Lipinski definition) is 1. The molecule has 0 unspecified atom stereocenters. The minimum atomic E-state index is 0.729. The first-order valence-corrected chi connectivity index (χ1v) is 7.09. The molecule has 3 aromatic carbocycles. The van der Waals surface area contributed by atoms with Crippen molar-refractivity contribution in [2.45, 2.75) is 0 Å². The van der Waals surface area contributed by atoms with Crippen LogP contribution >= 0.6 is 0 Å². The van der Waals surface area contributed by atoms with Gasteiger partial charge in [-0.05, 0) is 36.4 Å². The lowest BCUT2D eigenvalue weighted by molar-refractivity contribution is 0.484. The van der Waals surface area contributed by atoms with Gasteiger partial charge in [0.25, 0.3) is 0 Å². The Kier molecular flexibility index (Phi) is 3.09. The van der Waals surface area contributed by atoms with Crippen LogP contribution < -0.4 is 4.74 Å². The lowest BCUT2D eigenvalue weighted by Crippen LogP contribution is -1.89.